The zero-order valence-electron chi connectivity index (χ0n) is 17.1. The van der Waals surface area contributed by atoms with Crippen molar-refractivity contribution in [2.45, 2.75) is 50.4 Å². The van der Waals surface area contributed by atoms with Crippen LogP contribution < -0.4 is 5.32 Å². The monoisotopic (exact) mass is 437 g/mol. The zero-order chi connectivity index (χ0) is 21.8. The fraction of sp³-hybridized carbons (Fsp3) is 0.364. The van der Waals surface area contributed by atoms with Crippen LogP contribution in [-0.2, 0) is 9.53 Å². The summed E-state index contributed by atoms with van der Waals surface area (Å²) in [6.45, 7) is 9.20. The number of rotatable bonds is 6. The number of halogens is 2. The Bertz CT molecular complexity index is 882. The van der Waals surface area contributed by atoms with Crippen LogP contribution >= 0.6 is 23.4 Å². The SMILES string of the molecule is CC(C)C(Sc1cc(NC(=O)c2ccccc2)c(F)cc1Cl)C(=O)OC(C)(C)C. The second kappa shape index (κ2) is 9.63. The number of hydrogen-bond donors (Lipinski definition) is 1. The largest absolute Gasteiger partial charge is 0.459 e. The zero-order valence-corrected chi connectivity index (χ0v) is 18.7. The molecule has 0 radical (unpaired) electrons. The molecule has 2 rings (SSSR count). The van der Waals surface area contributed by atoms with Gasteiger partial charge in [-0.25, -0.2) is 4.39 Å². The van der Waals surface area contributed by atoms with E-state index in [2.05, 4.69) is 5.32 Å². The van der Waals surface area contributed by atoms with Crippen LogP contribution in [0.5, 0.6) is 0 Å². The van der Waals surface area contributed by atoms with E-state index in [1.165, 1.54) is 17.8 Å². The number of thioether (sulfide) groups is 1. The molecule has 0 aromatic heterocycles. The van der Waals surface area contributed by atoms with Gasteiger partial charge in [0.25, 0.3) is 5.91 Å². The molecule has 0 heterocycles. The number of carbonyl (C=O) groups is 2. The fourth-order valence-corrected chi connectivity index (χ4v) is 3.78. The molecule has 7 heteroatoms. The third-order valence-corrected chi connectivity index (χ3v) is 5.81. The van der Waals surface area contributed by atoms with Crippen molar-refractivity contribution in [2.24, 2.45) is 5.92 Å². The molecule has 1 amide bonds. The van der Waals surface area contributed by atoms with Crippen molar-refractivity contribution in [2.75, 3.05) is 5.32 Å². The van der Waals surface area contributed by atoms with Crippen molar-refractivity contribution in [1.82, 2.24) is 0 Å². The van der Waals surface area contributed by atoms with Crippen molar-refractivity contribution in [3.8, 4) is 0 Å². The molecule has 1 N–H and O–H groups in total. The lowest BCUT2D eigenvalue weighted by atomic mass is 10.1. The third-order valence-electron chi connectivity index (χ3n) is 3.80. The van der Waals surface area contributed by atoms with Gasteiger partial charge in [0.1, 0.15) is 16.7 Å². The summed E-state index contributed by atoms with van der Waals surface area (Å²) in [6.07, 6.45) is 0. The summed E-state index contributed by atoms with van der Waals surface area (Å²) in [5.41, 5.74) is -0.214. The molecule has 1 atom stereocenters. The van der Waals surface area contributed by atoms with Crippen LogP contribution in [0.15, 0.2) is 47.4 Å². The summed E-state index contributed by atoms with van der Waals surface area (Å²) >= 11 is 7.41. The van der Waals surface area contributed by atoms with Gasteiger partial charge in [-0.15, -0.1) is 11.8 Å². The second-order valence-electron chi connectivity index (χ2n) is 7.90. The van der Waals surface area contributed by atoms with Crippen LogP contribution in [0.25, 0.3) is 0 Å². The van der Waals surface area contributed by atoms with E-state index in [0.29, 0.717) is 10.5 Å². The number of ether oxygens (including phenoxy) is 1. The molecule has 2 aromatic rings. The van der Waals surface area contributed by atoms with E-state index in [1.54, 1.807) is 51.1 Å². The molecule has 0 aliphatic heterocycles. The molecule has 2 aromatic carbocycles. The Kier molecular flexibility index (Phi) is 7.72. The van der Waals surface area contributed by atoms with E-state index >= 15 is 0 Å². The Hall–Kier alpha value is -2.05. The Morgan fingerprint density at radius 1 is 1.14 bits per heavy atom. The summed E-state index contributed by atoms with van der Waals surface area (Å²) < 4.78 is 19.9. The first-order valence-corrected chi connectivity index (χ1v) is 10.5. The molecular weight excluding hydrogens is 413 g/mol. The summed E-state index contributed by atoms with van der Waals surface area (Å²) in [6, 6.07) is 11.1. The lowest BCUT2D eigenvalue weighted by Gasteiger charge is -2.26. The van der Waals surface area contributed by atoms with Gasteiger partial charge in [-0.05, 0) is 51.0 Å². The molecule has 0 aliphatic rings. The van der Waals surface area contributed by atoms with Gasteiger partial charge in [-0.3, -0.25) is 9.59 Å². The van der Waals surface area contributed by atoms with E-state index < -0.39 is 22.6 Å². The van der Waals surface area contributed by atoms with Crippen molar-refractivity contribution < 1.29 is 18.7 Å². The van der Waals surface area contributed by atoms with E-state index in [4.69, 9.17) is 16.3 Å². The third kappa shape index (κ3) is 6.75. The number of hydrogen-bond acceptors (Lipinski definition) is 4. The number of nitrogens with one attached hydrogen (secondary N) is 1. The van der Waals surface area contributed by atoms with E-state index in [0.717, 1.165) is 6.07 Å². The van der Waals surface area contributed by atoms with E-state index in [-0.39, 0.29) is 22.6 Å². The van der Waals surface area contributed by atoms with Gasteiger partial charge in [0.2, 0.25) is 0 Å². The normalized spacial score (nSPS) is 12.6. The van der Waals surface area contributed by atoms with Gasteiger partial charge in [-0.2, -0.15) is 0 Å². The topological polar surface area (TPSA) is 55.4 Å². The van der Waals surface area contributed by atoms with Crippen LogP contribution in [0.3, 0.4) is 0 Å². The Labute approximate surface area is 180 Å². The lowest BCUT2D eigenvalue weighted by molar-refractivity contribution is -0.154. The lowest BCUT2D eigenvalue weighted by Crippen LogP contribution is -2.33. The van der Waals surface area contributed by atoms with E-state index in [1.807, 2.05) is 13.8 Å². The van der Waals surface area contributed by atoms with Gasteiger partial charge < -0.3 is 10.1 Å². The number of esters is 1. The van der Waals surface area contributed by atoms with Gasteiger partial charge >= 0.3 is 5.97 Å². The highest BCUT2D eigenvalue weighted by Crippen LogP contribution is 2.37. The van der Waals surface area contributed by atoms with Crippen molar-refractivity contribution in [3.63, 3.8) is 0 Å². The highest BCUT2D eigenvalue weighted by Gasteiger charge is 2.30. The predicted octanol–water partition coefficient (Wildman–Crippen LogP) is 6.19. The summed E-state index contributed by atoms with van der Waals surface area (Å²) in [5, 5.41) is 2.20. The molecule has 156 valence electrons. The summed E-state index contributed by atoms with van der Waals surface area (Å²) in [7, 11) is 0. The molecular formula is C22H25ClFNO3S. The minimum absolute atomic E-state index is 0.00236. The molecule has 0 spiro atoms. The maximum absolute atomic E-state index is 14.4. The average molecular weight is 438 g/mol. The first-order valence-electron chi connectivity index (χ1n) is 9.23. The Morgan fingerprint density at radius 3 is 2.31 bits per heavy atom. The predicted molar refractivity (Wildman–Crippen MR) is 116 cm³/mol. The first-order chi connectivity index (χ1) is 13.5. The molecule has 1 unspecified atom stereocenters. The molecule has 0 fully saturated rings. The minimum atomic E-state index is -0.651. The van der Waals surface area contributed by atoms with Gasteiger partial charge in [-0.1, -0.05) is 43.6 Å². The smallest absolute Gasteiger partial charge is 0.320 e. The second-order valence-corrected chi connectivity index (χ2v) is 9.49. The Morgan fingerprint density at radius 2 is 1.76 bits per heavy atom. The first kappa shape index (κ1) is 23.2. The maximum Gasteiger partial charge on any atom is 0.320 e. The molecule has 29 heavy (non-hydrogen) atoms. The van der Waals surface area contributed by atoms with E-state index in [9.17, 15) is 14.0 Å². The fourth-order valence-electron chi connectivity index (χ4n) is 2.45. The van der Waals surface area contributed by atoms with Gasteiger partial charge in [0.15, 0.2) is 0 Å². The van der Waals surface area contributed by atoms with Crippen LogP contribution in [-0.4, -0.2) is 22.7 Å². The number of benzene rings is 2. The molecule has 0 bridgehead atoms. The van der Waals surface area contributed by atoms with Crippen LogP contribution in [0, 0.1) is 11.7 Å². The van der Waals surface area contributed by atoms with Gasteiger partial charge in [0, 0.05) is 10.5 Å². The van der Waals surface area contributed by atoms with Crippen LogP contribution in [0.2, 0.25) is 5.02 Å². The highest BCUT2D eigenvalue weighted by atomic mass is 35.5. The summed E-state index contributed by atoms with van der Waals surface area (Å²) in [5.74, 6) is -1.50. The number of amides is 1. The minimum Gasteiger partial charge on any atom is -0.459 e. The standard InChI is InChI=1S/C22H25ClFNO3S/c1-13(2)19(21(27)28-22(3,4)5)29-18-12-17(16(24)11-15(18)23)25-20(26)14-9-7-6-8-10-14/h6-13,19H,1-5H3,(H,25,26). The number of carbonyl (C=O) groups excluding carboxylic acids is 2. The molecule has 0 saturated carbocycles. The highest BCUT2D eigenvalue weighted by molar-refractivity contribution is 8.00. The molecule has 4 nitrogen and oxygen atoms in total. The van der Waals surface area contributed by atoms with Crippen LogP contribution in [0.1, 0.15) is 45.0 Å². The molecule has 0 saturated heterocycles. The van der Waals surface area contributed by atoms with Crippen molar-refractivity contribution in [3.05, 3.63) is 58.9 Å². The maximum atomic E-state index is 14.4. The average Bonchev–Trinajstić information content (AvgIpc) is 2.61. The van der Waals surface area contributed by atoms with Crippen molar-refractivity contribution in [1.29, 1.82) is 0 Å². The van der Waals surface area contributed by atoms with Crippen molar-refractivity contribution >= 4 is 40.9 Å². The van der Waals surface area contributed by atoms with Gasteiger partial charge in [0.05, 0.1) is 10.7 Å². The molecule has 0 aliphatic carbocycles. The number of anilines is 1. The quantitative estimate of drug-likeness (QED) is 0.432. The Balaban J connectivity index is 2.27. The summed E-state index contributed by atoms with van der Waals surface area (Å²) in [4.78, 5) is 25.5. The van der Waals surface area contributed by atoms with Crippen LogP contribution in [0.4, 0.5) is 10.1 Å².